The maximum Gasteiger partial charge on any atom is 0.166 e. The molecule has 4 nitrogen and oxygen atoms in total. The Labute approximate surface area is 709 Å². The highest BCUT2D eigenvalue weighted by atomic mass is 15.5. The minimum absolute atomic E-state index is 0.646. The molecule has 0 aromatic heterocycles. The number of rotatable bonds is 4. The summed E-state index contributed by atoms with van der Waals surface area (Å²) in [6.07, 6.45) is 0. The van der Waals surface area contributed by atoms with Gasteiger partial charge in [0.15, 0.2) is 11.6 Å². The SMILES string of the molecule is Cc1cc2c(cc1C)N(c1ccc3c(c1)C1(c4ccccc4-c4ccccc41)c1ccccc1-3)C(=C1N(c3ccc4c(c3)C3(c5ccccc5-c5ccccc53)c3ccccc3-4)c3cc(C)c(C)cc3N1c1ccc3c(c1)C1(c4ccccc4-c4ccccc41)c1ccccc1-3)N2c1ccc2c(c1)C1(c3ccccc3-c3ccccc31)c1ccccc1-2. The lowest BCUT2D eigenvalue weighted by atomic mass is 9.70. The third kappa shape index (κ3) is 7.81. The zero-order valence-corrected chi connectivity index (χ0v) is 67.7. The molecule has 2 aliphatic heterocycles. The van der Waals surface area contributed by atoms with Gasteiger partial charge >= 0.3 is 0 Å². The van der Waals surface area contributed by atoms with Gasteiger partial charge in [-0.2, -0.15) is 0 Å². The van der Waals surface area contributed by atoms with E-state index in [-0.39, 0.29) is 0 Å². The average molecular weight is 1550 g/mol. The predicted octanol–water partition coefficient (Wildman–Crippen LogP) is 28.7. The average Bonchev–Trinajstić information content (AvgIpc) is 1.52. The standard InChI is InChI=1S/C118H76N4/c1-69-61-109-110(62-70(69)2)120(74-54-58-90-86-38-14-26-50-102(86)116(106(90)66-74)95-43-19-7-31-79(95)80-32-8-20-44-96(80)116)113(119(109)73-53-57-89-85-37-13-25-49-101(85)115(105(89)65-73)93-41-17-5-29-77(93)78-30-6-18-42-94(78)115)114-121(75-55-59-91-87-39-15-27-51-103(87)117(107(91)67-75)97-45-21-9-33-81(97)82-34-10-22-46-98(82)117)111-63-71(3)72(4)64-112(111)122(114)76-56-60-92-88-40-16-28-52-104(88)118(108(92)68-76)99-47-23-11-35-83(99)84-36-12-24-48-100(84)118/h5-68H,1-4H3. The maximum atomic E-state index is 2.71. The van der Waals surface area contributed by atoms with Crippen LogP contribution in [0.5, 0.6) is 0 Å². The number of anilines is 8. The molecule has 0 saturated carbocycles. The second-order valence-electron chi connectivity index (χ2n) is 35.3. The van der Waals surface area contributed by atoms with Crippen molar-refractivity contribution in [2.24, 2.45) is 0 Å². The van der Waals surface area contributed by atoms with Crippen LogP contribution < -0.4 is 19.6 Å². The first-order valence-electron chi connectivity index (χ1n) is 43.1. The number of hydrogen-bond donors (Lipinski definition) is 0. The van der Waals surface area contributed by atoms with Crippen molar-refractivity contribution in [3.63, 3.8) is 0 Å². The number of fused-ring (bicyclic) bond motifs is 42. The highest BCUT2D eigenvalue weighted by Gasteiger charge is 2.58. The lowest BCUT2D eigenvalue weighted by molar-refractivity contribution is 0.792. The van der Waals surface area contributed by atoms with Gasteiger partial charge in [-0.25, -0.2) is 0 Å². The Kier molecular flexibility index (Phi) is 12.9. The van der Waals surface area contributed by atoms with E-state index in [0.29, 0.717) is 0 Å². The Morgan fingerprint density at radius 2 is 0.270 bits per heavy atom. The van der Waals surface area contributed by atoms with E-state index in [1.807, 2.05) is 0 Å². The molecule has 0 bridgehead atoms. The van der Waals surface area contributed by atoms with Gasteiger partial charge in [0.2, 0.25) is 0 Å². The van der Waals surface area contributed by atoms with Crippen LogP contribution in [0, 0.1) is 27.7 Å². The van der Waals surface area contributed by atoms with Crippen LogP contribution in [-0.4, -0.2) is 0 Å². The Morgan fingerprint density at radius 1 is 0.139 bits per heavy atom. The van der Waals surface area contributed by atoms with Crippen molar-refractivity contribution in [2.75, 3.05) is 19.6 Å². The van der Waals surface area contributed by atoms with Crippen molar-refractivity contribution in [3.8, 4) is 89.0 Å². The molecule has 0 saturated heterocycles. The van der Waals surface area contributed by atoms with E-state index in [1.54, 1.807) is 0 Å². The van der Waals surface area contributed by atoms with E-state index >= 15 is 0 Å². The van der Waals surface area contributed by atoms with Crippen molar-refractivity contribution >= 4 is 45.5 Å². The lowest BCUT2D eigenvalue weighted by Gasteiger charge is -2.36. The second-order valence-corrected chi connectivity index (χ2v) is 35.3. The van der Waals surface area contributed by atoms with E-state index in [1.165, 1.54) is 200 Å². The van der Waals surface area contributed by atoms with Gasteiger partial charge in [0.25, 0.3) is 0 Å². The van der Waals surface area contributed by atoms with Crippen molar-refractivity contribution in [1.29, 1.82) is 0 Å². The van der Waals surface area contributed by atoms with Crippen LogP contribution in [0.4, 0.5) is 45.5 Å². The zero-order chi connectivity index (χ0) is 80.1. The smallest absolute Gasteiger partial charge is 0.166 e. The molecule has 4 heteroatoms. The number of benzene rings is 18. The summed E-state index contributed by atoms with van der Waals surface area (Å²) < 4.78 is 0. The topological polar surface area (TPSA) is 13.0 Å². The molecule has 28 rings (SSSR count). The molecule has 0 unspecified atom stereocenters. The summed E-state index contributed by atoms with van der Waals surface area (Å²) in [5.41, 5.74) is 51.9. The number of hydrogen-bond acceptors (Lipinski definition) is 4. The van der Waals surface area contributed by atoms with Crippen LogP contribution >= 0.6 is 0 Å². The molecular weight excluding hydrogens is 1470 g/mol. The molecule has 568 valence electrons. The number of nitrogens with zero attached hydrogens (tertiary/aromatic N) is 4. The first-order valence-corrected chi connectivity index (χ1v) is 43.1. The zero-order valence-electron chi connectivity index (χ0n) is 67.7. The molecule has 4 spiro atoms. The Morgan fingerprint density at radius 3 is 0.418 bits per heavy atom. The minimum atomic E-state index is -0.646. The van der Waals surface area contributed by atoms with Crippen LogP contribution in [0.25, 0.3) is 89.0 Å². The van der Waals surface area contributed by atoms with E-state index in [4.69, 9.17) is 0 Å². The van der Waals surface area contributed by atoms with Gasteiger partial charge in [0.05, 0.1) is 44.4 Å². The monoisotopic (exact) mass is 1550 g/mol. The van der Waals surface area contributed by atoms with Crippen molar-refractivity contribution in [2.45, 2.75) is 49.4 Å². The van der Waals surface area contributed by atoms with Gasteiger partial charge < -0.3 is 0 Å². The summed E-state index contributed by atoms with van der Waals surface area (Å²) in [6, 6.07) is 152. The summed E-state index contributed by atoms with van der Waals surface area (Å²) in [5, 5.41) is 0. The summed E-state index contributed by atoms with van der Waals surface area (Å²) in [7, 11) is 0. The van der Waals surface area contributed by atoms with Gasteiger partial charge in [-0.3, -0.25) is 19.6 Å². The van der Waals surface area contributed by atoms with Gasteiger partial charge in [0.1, 0.15) is 0 Å². The summed E-state index contributed by atoms with van der Waals surface area (Å²) in [5.74, 6) is 1.99. The molecule has 0 amide bonds. The first-order chi connectivity index (χ1) is 60.2. The molecule has 0 radical (unpaired) electrons. The minimum Gasteiger partial charge on any atom is -0.291 e. The van der Waals surface area contributed by atoms with Gasteiger partial charge in [-0.05, 0) is 301 Å². The fourth-order valence-corrected chi connectivity index (χ4v) is 25.3. The molecular formula is C118H76N4. The summed E-state index contributed by atoms with van der Waals surface area (Å²) in [4.78, 5) is 10.9. The van der Waals surface area contributed by atoms with Gasteiger partial charge in [-0.15, -0.1) is 0 Å². The Hall–Kier alpha value is -15.1. The second kappa shape index (κ2) is 23.5. The molecule has 18 aromatic carbocycles. The van der Waals surface area contributed by atoms with Crippen molar-refractivity contribution < 1.29 is 0 Å². The lowest BCUT2D eigenvalue weighted by Crippen LogP contribution is -2.34. The van der Waals surface area contributed by atoms with Gasteiger partial charge in [-0.1, -0.05) is 315 Å². The normalized spacial score (nSPS) is 15.7. The van der Waals surface area contributed by atoms with E-state index in [2.05, 4.69) is 436 Å². The summed E-state index contributed by atoms with van der Waals surface area (Å²) >= 11 is 0. The van der Waals surface area contributed by atoms with Crippen LogP contribution in [0.2, 0.25) is 0 Å². The molecule has 0 atom stereocenters. The van der Waals surface area contributed by atoms with Gasteiger partial charge in [0, 0.05) is 22.7 Å². The van der Waals surface area contributed by atoms with Crippen LogP contribution in [0.15, 0.2) is 400 Å². The quantitative estimate of drug-likeness (QED) is 0.174. The number of aryl methyl sites for hydroxylation is 4. The molecule has 10 aliphatic rings. The Bertz CT molecular complexity index is 6720. The molecule has 0 N–H and O–H groups in total. The molecule has 8 aliphatic carbocycles. The van der Waals surface area contributed by atoms with Crippen LogP contribution in [0.1, 0.15) is 111 Å². The fraction of sp³-hybridized carbons (Fsp3) is 0.0678. The Balaban J connectivity index is 0.795. The van der Waals surface area contributed by atoms with E-state index < -0.39 is 21.7 Å². The molecule has 0 fully saturated rings. The van der Waals surface area contributed by atoms with Crippen LogP contribution in [0.3, 0.4) is 0 Å². The van der Waals surface area contributed by atoms with Crippen molar-refractivity contribution in [1.82, 2.24) is 0 Å². The largest absolute Gasteiger partial charge is 0.291 e. The van der Waals surface area contributed by atoms with Crippen LogP contribution in [-0.2, 0) is 21.7 Å². The van der Waals surface area contributed by atoms with E-state index in [0.717, 1.165) is 57.1 Å². The van der Waals surface area contributed by atoms with E-state index in [9.17, 15) is 0 Å². The predicted molar refractivity (Wildman–Crippen MR) is 498 cm³/mol. The summed E-state index contributed by atoms with van der Waals surface area (Å²) in [6.45, 7) is 9.28. The molecule has 2 heterocycles. The first kappa shape index (κ1) is 66.9. The molecule has 18 aromatic rings. The molecule has 122 heavy (non-hydrogen) atoms. The third-order valence-corrected chi connectivity index (χ3v) is 30.1. The third-order valence-electron chi connectivity index (χ3n) is 30.1. The highest BCUT2D eigenvalue weighted by Crippen LogP contribution is 2.71. The van der Waals surface area contributed by atoms with Crippen molar-refractivity contribution in [3.05, 3.63) is 511 Å². The highest BCUT2D eigenvalue weighted by molar-refractivity contribution is 6.07. The fourth-order valence-electron chi connectivity index (χ4n) is 25.3. The maximum absolute atomic E-state index is 2.71.